The third-order valence-electron chi connectivity index (χ3n) is 4.58. The number of nitrogens with zero attached hydrogens (tertiary/aromatic N) is 1. The van der Waals surface area contributed by atoms with Gasteiger partial charge >= 0.3 is 0 Å². The fraction of sp³-hybridized carbons (Fsp3) is 0.650. The number of likely N-dealkylation sites (tertiary alicyclic amines) is 1. The van der Waals surface area contributed by atoms with Crippen molar-refractivity contribution in [2.75, 3.05) is 32.8 Å². The molecule has 1 amide bonds. The van der Waals surface area contributed by atoms with Gasteiger partial charge in [-0.25, -0.2) is 4.39 Å². The number of carbonyl (C=O) groups excluding carboxylic acids is 1. The van der Waals surface area contributed by atoms with Gasteiger partial charge in [-0.2, -0.15) is 0 Å². The number of hydrogen-bond donors (Lipinski definition) is 1. The van der Waals surface area contributed by atoms with E-state index in [2.05, 4.69) is 10.2 Å². The Balaban J connectivity index is 1.59. The number of halogens is 1. The Hall–Kier alpha value is -1.46. The fourth-order valence-corrected chi connectivity index (χ4v) is 3.22. The lowest BCUT2D eigenvalue weighted by molar-refractivity contribution is -0.122. The maximum Gasteiger partial charge on any atom is 0.234 e. The maximum absolute atomic E-state index is 13.3. The second kappa shape index (κ2) is 10.5. The van der Waals surface area contributed by atoms with Crippen LogP contribution in [-0.2, 0) is 16.0 Å². The molecule has 1 saturated heterocycles. The SMILES string of the molecule is CC(C)OCCCNC(=O)CN1CCC(Cc2cccc(F)c2)CC1. The van der Waals surface area contributed by atoms with E-state index in [0.717, 1.165) is 44.3 Å². The van der Waals surface area contributed by atoms with Gasteiger partial charge < -0.3 is 10.1 Å². The first kappa shape index (κ1) is 19.9. The minimum Gasteiger partial charge on any atom is -0.379 e. The molecule has 1 aromatic rings. The maximum atomic E-state index is 13.3. The van der Waals surface area contributed by atoms with Crippen LogP contribution in [0, 0.1) is 11.7 Å². The van der Waals surface area contributed by atoms with Gasteiger partial charge in [-0.05, 0) is 76.2 Å². The molecular weight excluding hydrogens is 319 g/mol. The minimum absolute atomic E-state index is 0.0909. The highest BCUT2D eigenvalue weighted by Crippen LogP contribution is 2.21. The van der Waals surface area contributed by atoms with Crippen molar-refractivity contribution in [2.45, 2.75) is 45.6 Å². The first-order valence-corrected chi connectivity index (χ1v) is 9.38. The normalized spacial score (nSPS) is 16.3. The minimum atomic E-state index is -0.162. The number of benzene rings is 1. The van der Waals surface area contributed by atoms with Gasteiger partial charge in [0.25, 0.3) is 0 Å². The Morgan fingerprint density at radius 3 is 2.80 bits per heavy atom. The third-order valence-corrected chi connectivity index (χ3v) is 4.58. The van der Waals surface area contributed by atoms with Crippen LogP contribution in [0.2, 0.25) is 0 Å². The average molecular weight is 350 g/mol. The molecule has 140 valence electrons. The van der Waals surface area contributed by atoms with E-state index in [0.29, 0.717) is 25.6 Å². The monoisotopic (exact) mass is 350 g/mol. The summed E-state index contributed by atoms with van der Waals surface area (Å²) >= 11 is 0. The Labute approximate surface area is 150 Å². The van der Waals surface area contributed by atoms with Crippen LogP contribution >= 0.6 is 0 Å². The Morgan fingerprint density at radius 2 is 2.12 bits per heavy atom. The lowest BCUT2D eigenvalue weighted by Gasteiger charge is -2.31. The van der Waals surface area contributed by atoms with Crippen LogP contribution in [0.25, 0.3) is 0 Å². The second-order valence-electron chi connectivity index (χ2n) is 7.18. The zero-order valence-corrected chi connectivity index (χ0v) is 15.5. The van der Waals surface area contributed by atoms with Crippen molar-refractivity contribution in [3.8, 4) is 0 Å². The van der Waals surface area contributed by atoms with Gasteiger partial charge in [-0.1, -0.05) is 12.1 Å². The molecule has 0 aliphatic carbocycles. The standard InChI is InChI=1S/C20H31FN2O2/c1-16(2)25-12-4-9-22-20(24)15-23-10-7-17(8-11-23)13-18-5-3-6-19(21)14-18/h3,5-6,14,16-17H,4,7-13,15H2,1-2H3,(H,22,24). The van der Waals surface area contributed by atoms with Crippen LogP contribution in [0.1, 0.15) is 38.7 Å². The van der Waals surface area contributed by atoms with Crippen molar-refractivity contribution in [1.29, 1.82) is 0 Å². The molecule has 0 unspecified atom stereocenters. The average Bonchev–Trinajstić information content (AvgIpc) is 2.56. The molecule has 0 atom stereocenters. The molecule has 5 heteroatoms. The first-order chi connectivity index (χ1) is 12.0. The van der Waals surface area contributed by atoms with Gasteiger partial charge in [0.2, 0.25) is 5.91 Å². The van der Waals surface area contributed by atoms with Gasteiger partial charge in [-0.15, -0.1) is 0 Å². The highest BCUT2D eigenvalue weighted by atomic mass is 19.1. The zero-order chi connectivity index (χ0) is 18.1. The Kier molecular flexibility index (Phi) is 8.35. The molecule has 1 heterocycles. The summed E-state index contributed by atoms with van der Waals surface area (Å²) in [6, 6.07) is 6.88. The van der Waals surface area contributed by atoms with Gasteiger partial charge in [0.1, 0.15) is 5.82 Å². The van der Waals surface area contributed by atoms with E-state index in [1.807, 2.05) is 19.9 Å². The van der Waals surface area contributed by atoms with Gasteiger partial charge in [-0.3, -0.25) is 9.69 Å². The molecule has 0 bridgehead atoms. The van der Waals surface area contributed by atoms with Crippen LogP contribution in [0.3, 0.4) is 0 Å². The topological polar surface area (TPSA) is 41.6 Å². The summed E-state index contributed by atoms with van der Waals surface area (Å²) in [6.45, 7) is 7.71. The predicted octanol–water partition coefficient (Wildman–Crippen LogP) is 3.01. The molecule has 1 aliphatic rings. The number of amides is 1. The zero-order valence-electron chi connectivity index (χ0n) is 15.5. The summed E-state index contributed by atoms with van der Waals surface area (Å²) in [4.78, 5) is 14.2. The Morgan fingerprint density at radius 1 is 1.36 bits per heavy atom. The van der Waals surface area contributed by atoms with E-state index in [4.69, 9.17) is 4.74 Å². The van der Waals surface area contributed by atoms with E-state index in [9.17, 15) is 9.18 Å². The molecule has 1 fully saturated rings. The van der Waals surface area contributed by atoms with Crippen molar-refractivity contribution in [1.82, 2.24) is 10.2 Å². The molecule has 0 aromatic heterocycles. The van der Waals surface area contributed by atoms with Gasteiger partial charge in [0, 0.05) is 13.2 Å². The summed E-state index contributed by atoms with van der Waals surface area (Å²) in [5.41, 5.74) is 1.07. The van der Waals surface area contributed by atoms with E-state index >= 15 is 0 Å². The van der Waals surface area contributed by atoms with Crippen molar-refractivity contribution in [3.05, 3.63) is 35.6 Å². The smallest absolute Gasteiger partial charge is 0.234 e. The van der Waals surface area contributed by atoms with Crippen molar-refractivity contribution in [3.63, 3.8) is 0 Å². The first-order valence-electron chi connectivity index (χ1n) is 9.38. The molecular formula is C20H31FN2O2. The number of hydrogen-bond acceptors (Lipinski definition) is 3. The van der Waals surface area contributed by atoms with E-state index in [1.54, 1.807) is 12.1 Å². The summed E-state index contributed by atoms with van der Waals surface area (Å²) in [7, 11) is 0. The molecule has 0 saturated carbocycles. The van der Waals surface area contributed by atoms with E-state index in [-0.39, 0.29) is 17.8 Å². The molecule has 0 radical (unpaired) electrons. The van der Waals surface area contributed by atoms with Crippen LogP contribution < -0.4 is 5.32 Å². The van der Waals surface area contributed by atoms with Gasteiger partial charge in [0.05, 0.1) is 12.6 Å². The van der Waals surface area contributed by atoms with Crippen LogP contribution in [-0.4, -0.2) is 49.7 Å². The molecule has 1 aliphatic heterocycles. The molecule has 0 spiro atoms. The molecule has 2 rings (SSSR count). The molecule has 1 aromatic carbocycles. The number of nitrogens with one attached hydrogen (secondary N) is 1. The lowest BCUT2D eigenvalue weighted by Crippen LogP contribution is -2.42. The Bertz CT molecular complexity index is 528. The summed E-state index contributed by atoms with van der Waals surface area (Å²) < 4.78 is 18.7. The number of carbonyl (C=O) groups is 1. The number of ether oxygens (including phenoxy) is 1. The largest absolute Gasteiger partial charge is 0.379 e. The number of rotatable bonds is 9. The van der Waals surface area contributed by atoms with Crippen molar-refractivity contribution >= 4 is 5.91 Å². The molecule has 1 N–H and O–H groups in total. The van der Waals surface area contributed by atoms with Crippen molar-refractivity contribution in [2.24, 2.45) is 5.92 Å². The highest BCUT2D eigenvalue weighted by molar-refractivity contribution is 5.77. The summed E-state index contributed by atoms with van der Waals surface area (Å²) in [5, 5.41) is 2.96. The quantitative estimate of drug-likeness (QED) is 0.696. The number of piperidine rings is 1. The fourth-order valence-electron chi connectivity index (χ4n) is 3.22. The van der Waals surface area contributed by atoms with E-state index in [1.165, 1.54) is 6.07 Å². The van der Waals surface area contributed by atoms with Crippen LogP contribution in [0.15, 0.2) is 24.3 Å². The predicted molar refractivity (Wildman–Crippen MR) is 98.0 cm³/mol. The highest BCUT2D eigenvalue weighted by Gasteiger charge is 2.21. The summed E-state index contributed by atoms with van der Waals surface area (Å²) in [6.07, 6.45) is 4.13. The van der Waals surface area contributed by atoms with Crippen molar-refractivity contribution < 1.29 is 13.9 Å². The summed E-state index contributed by atoms with van der Waals surface area (Å²) in [5.74, 6) is 0.507. The molecule has 25 heavy (non-hydrogen) atoms. The van der Waals surface area contributed by atoms with Gasteiger partial charge in [0.15, 0.2) is 0 Å². The molecule has 4 nitrogen and oxygen atoms in total. The van der Waals surface area contributed by atoms with Crippen LogP contribution in [0.5, 0.6) is 0 Å². The lowest BCUT2D eigenvalue weighted by atomic mass is 9.90. The van der Waals surface area contributed by atoms with Crippen LogP contribution in [0.4, 0.5) is 4.39 Å². The van der Waals surface area contributed by atoms with E-state index < -0.39 is 0 Å². The second-order valence-corrected chi connectivity index (χ2v) is 7.18. The third kappa shape index (κ3) is 7.97.